The third kappa shape index (κ3) is 3.41. The Balaban J connectivity index is 1.74. The van der Waals surface area contributed by atoms with Crippen LogP contribution in [-0.2, 0) is 9.59 Å². The SMILES string of the molecule is CC(N)CCNC(=O)C1CC(=O)N(c2cccc3ccccc23)C1. The van der Waals surface area contributed by atoms with Crippen LogP contribution in [0.4, 0.5) is 5.69 Å². The van der Waals surface area contributed by atoms with Gasteiger partial charge in [0.25, 0.3) is 0 Å². The third-order valence-electron chi connectivity index (χ3n) is 4.45. The van der Waals surface area contributed by atoms with E-state index in [2.05, 4.69) is 5.32 Å². The minimum atomic E-state index is -0.301. The Kier molecular flexibility index (Phi) is 4.81. The van der Waals surface area contributed by atoms with E-state index >= 15 is 0 Å². The standard InChI is InChI=1S/C19H23N3O2/c1-13(20)9-10-21-19(24)15-11-18(23)22(12-15)17-8-4-6-14-5-2-3-7-16(14)17/h2-8,13,15H,9-12,20H2,1H3,(H,21,24). The highest BCUT2D eigenvalue weighted by Gasteiger charge is 2.35. The summed E-state index contributed by atoms with van der Waals surface area (Å²) in [5.74, 6) is -0.366. The number of nitrogens with one attached hydrogen (secondary N) is 1. The van der Waals surface area contributed by atoms with E-state index < -0.39 is 0 Å². The van der Waals surface area contributed by atoms with Crippen molar-refractivity contribution in [1.82, 2.24) is 5.32 Å². The first-order valence-corrected chi connectivity index (χ1v) is 8.37. The van der Waals surface area contributed by atoms with Crippen molar-refractivity contribution in [3.63, 3.8) is 0 Å². The van der Waals surface area contributed by atoms with Crippen LogP contribution in [0.25, 0.3) is 10.8 Å². The van der Waals surface area contributed by atoms with Crippen LogP contribution in [0.15, 0.2) is 42.5 Å². The number of carbonyl (C=O) groups excluding carboxylic acids is 2. The molecule has 2 amide bonds. The zero-order chi connectivity index (χ0) is 17.1. The van der Waals surface area contributed by atoms with Crippen LogP contribution < -0.4 is 16.0 Å². The maximum atomic E-state index is 12.4. The number of nitrogens with zero attached hydrogens (tertiary/aromatic N) is 1. The first kappa shape index (κ1) is 16.5. The fourth-order valence-electron chi connectivity index (χ4n) is 3.13. The van der Waals surface area contributed by atoms with E-state index in [1.54, 1.807) is 4.90 Å². The van der Waals surface area contributed by atoms with Gasteiger partial charge >= 0.3 is 0 Å². The van der Waals surface area contributed by atoms with E-state index in [-0.39, 0.29) is 30.2 Å². The molecule has 24 heavy (non-hydrogen) atoms. The van der Waals surface area contributed by atoms with Crippen molar-refractivity contribution < 1.29 is 9.59 Å². The molecule has 0 radical (unpaired) electrons. The summed E-state index contributed by atoms with van der Waals surface area (Å²) >= 11 is 0. The topological polar surface area (TPSA) is 75.4 Å². The number of hydrogen-bond donors (Lipinski definition) is 2. The molecular weight excluding hydrogens is 302 g/mol. The van der Waals surface area contributed by atoms with Crippen LogP contribution in [0, 0.1) is 5.92 Å². The Hall–Kier alpha value is -2.40. The zero-order valence-corrected chi connectivity index (χ0v) is 13.9. The van der Waals surface area contributed by atoms with Crippen molar-refractivity contribution in [2.75, 3.05) is 18.0 Å². The van der Waals surface area contributed by atoms with Gasteiger partial charge in [0, 0.05) is 30.9 Å². The normalized spacial score (nSPS) is 18.8. The molecule has 3 rings (SSSR count). The second-order valence-electron chi connectivity index (χ2n) is 6.46. The van der Waals surface area contributed by atoms with Crippen LogP contribution in [-0.4, -0.2) is 30.9 Å². The number of carbonyl (C=O) groups is 2. The van der Waals surface area contributed by atoms with Gasteiger partial charge in [-0.15, -0.1) is 0 Å². The van der Waals surface area contributed by atoms with E-state index in [9.17, 15) is 9.59 Å². The molecule has 2 unspecified atom stereocenters. The fraction of sp³-hybridized carbons (Fsp3) is 0.368. The molecule has 1 saturated heterocycles. The minimum Gasteiger partial charge on any atom is -0.356 e. The second kappa shape index (κ2) is 7.01. The van der Waals surface area contributed by atoms with Crippen molar-refractivity contribution in [3.05, 3.63) is 42.5 Å². The molecule has 0 bridgehead atoms. The number of fused-ring (bicyclic) bond motifs is 1. The number of benzene rings is 2. The fourth-order valence-corrected chi connectivity index (χ4v) is 3.13. The lowest BCUT2D eigenvalue weighted by molar-refractivity contribution is -0.126. The molecule has 0 saturated carbocycles. The largest absolute Gasteiger partial charge is 0.356 e. The summed E-state index contributed by atoms with van der Waals surface area (Å²) in [5.41, 5.74) is 6.57. The third-order valence-corrected chi connectivity index (χ3v) is 4.45. The van der Waals surface area contributed by atoms with Crippen molar-refractivity contribution in [1.29, 1.82) is 0 Å². The van der Waals surface area contributed by atoms with E-state index in [0.717, 1.165) is 22.9 Å². The van der Waals surface area contributed by atoms with E-state index in [0.29, 0.717) is 13.1 Å². The van der Waals surface area contributed by atoms with Gasteiger partial charge in [-0.2, -0.15) is 0 Å². The first-order valence-electron chi connectivity index (χ1n) is 8.37. The highest BCUT2D eigenvalue weighted by atomic mass is 16.2. The minimum absolute atomic E-state index is 0.00121. The second-order valence-corrected chi connectivity index (χ2v) is 6.46. The van der Waals surface area contributed by atoms with Crippen LogP contribution in [0.2, 0.25) is 0 Å². The summed E-state index contributed by atoms with van der Waals surface area (Å²) in [4.78, 5) is 26.5. The smallest absolute Gasteiger partial charge is 0.227 e. The van der Waals surface area contributed by atoms with Gasteiger partial charge in [-0.1, -0.05) is 36.4 Å². The van der Waals surface area contributed by atoms with Crippen molar-refractivity contribution in [2.45, 2.75) is 25.8 Å². The molecule has 0 aromatic heterocycles. The van der Waals surface area contributed by atoms with E-state index in [1.165, 1.54) is 0 Å². The predicted molar refractivity (Wildman–Crippen MR) is 95.7 cm³/mol. The molecule has 0 aliphatic carbocycles. The molecule has 5 heteroatoms. The van der Waals surface area contributed by atoms with Crippen LogP contribution in [0.5, 0.6) is 0 Å². The summed E-state index contributed by atoms with van der Waals surface area (Å²) < 4.78 is 0. The summed E-state index contributed by atoms with van der Waals surface area (Å²) in [7, 11) is 0. The van der Waals surface area contributed by atoms with Gasteiger partial charge in [-0.05, 0) is 24.8 Å². The maximum absolute atomic E-state index is 12.4. The monoisotopic (exact) mass is 325 g/mol. The molecule has 126 valence electrons. The molecule has 5 nitrogen and oxygen atoms in total. The van der Waals surface area contributed by atoms with Crippen LogP contribution in [0.3, 0.4) is 0 Å². The lowest BCUT2D eigenvalue weighted by atomic mass is 10.1. The Labute approximate surface area is 141 Å². The Morgan fingerprint density at radius 1 is 1.29 bits per heavy atom. The first-order chi connectivity index (χ1) is 11.6. The summed E-state index contributed by atoms with van der Waals surface area (Å²) in [6.45, 7) is 2.89. The average Bonchev–Trinajstić information content (AvgIpc) is 2.95. The number of amides is 2. The lowest BCUT2D eigenvalue weighted by Gasteiger charge is -2.19. The molecule has 2 aromatic carbocycles. The summed E-state index contributed by atoms with van der Waals surface area (Å²) in [6.07, 6.45) is 0.993. The van der Waals surface area contributed by atoms with Gasteiger partial charge < -0.3 is 16.0 Å². The molecule has 3 N–H and O–H groups in total. The van der Waals surface area contributed by atoms with Gasteiger partial charge in [0.15, 0.2) is 0 Å². The van der Waals surface area contributed by atoms with Gasteiger partial charge in [-0.25, -0.2) is 0 Å². The quantitative estimate of drug-likeness (QED) is 0.883. The molecule has 1 heterocycles. The molecule has 2 aromatic rings. The Morgan fingerprint density at radius 2 is 2.04 bits per heavy atom. The van der Waals surface area contributed by atoms with Crippen molar-refractivity contribution in [3.8, 4) is 0 Å². The Bertz CT molecular complexity index is 752. The summed E-state index contributed by atoms with van der Waals surface area (Å²) in [5, 5.41) is 5.01. The highest BCUT2D eigenvalue weighted by molar-refractivity contribution is 6.06. The summed E-state index contributed by atoms with van der Waals surface area (Å²) in [6, 6.07) is 13.9. The van der Waals surface area contributed by atoms with Gasteiger partial charge in [0.05, 0.1) is 11.6 Å². The maximum Gasteiger partial charge on any atom is 0.227 e. The molecule has 1 aliphatic heterocycles. The molecule has 1 aliphatic rings. The zero-order valence-electron chi connectivity index (χ0n) is 13.9. The van der Waals surface area contributed by atoms with Gasteiger partial charge in [-0.3, -0.25) is 9.59 Å². The highest BCUT2D eigenvalue weighted by Crippen LogP contribution is 2.31. The molecule has 0 spiro atoms. The predicted octanol–water partition coefficient (Wildman–Crippen LogP) is 2.05. The molecule has 2 atom stereocenters. The molecular formula is C19H23N3O2. The Morgan fingerprint density at radius 3 is 2.83 bits per heavy atom. The number of anilines is 1. The number of rotatable bonds is 5. The van der Waals surface area contributed by atoms with Crippen LogP contribution in [0.1, 0.15) is 19.8 Å². The van der Waals surface area contributed by atoms with E-state index in [4.69, 9.17) is 5.73 Å². The number of hydrogen-bond acceptors (Lipinski definition) is 3. The average molecular weight is 325 g/mol. The van der Waals surface area contributed by atoms with Crippen molar-refractivity contribution in [2.24, 2.45) is 11.7 Å². The van der Waals surface area contributed by atoms with Gasteiger partial charge in [0.1, 0.15) is 0 Å². The lowest BCUT2D eigenvalue weighted by Crippen LogP contribution is -2.35. The van der Waals surface area contributed by atoms with Gasteiger partial charge in [0.2, 0.25) is 11.8 Å². The van der Waals surface area contributed by atoms with Crippen molar-refractivity contribution >= 4 is 28.3 Å². The molecule has 1 fully saturated rings. The van der Waals surface area contributed by atoms with Crippen LogP contribution >= 0.6 is 0 Å². The number of nitrogens with two attached hydrogens (primary N) is 1. The van der Waals surface area contributed by atoms with E-state index in [1.807, 2.05) is 49.4 Å².